The highest BCUT2D eigenvalue weighted by atomic mass is 35.5. The number of benzene rings is 1. The summed E-state index contributed by atoms with van der Waals surface area (Å²) in [6, 6.07) is 8.16. The van der Waals surface area contributed by atoms with Crippen molar-refractivity contribution in [1.82, 2.24) is 5.32 Å². The molecule has 102 valence electrons. The van der Waals surface area contributed by atoms with Gasteiger partial charge in [-0.25, -0.2) is 0 Å². The highest BCUT2D eigenvalue weighted by Crippen LogP contribution is 2.32. The molecule has 1 N–H and O–H groups in total. The van der Waals surface area contributed by atoms with Crippen LogP contribution >= 0.6 is 11.6 Å². The zero-order valence-corrected chi connectivity index (χ0v) is 12.7. The number of rotatable bonds is 5. The van der Waals surface area contributed by atoms with Crippen LogP contribution in [0.25, 0.3) is 0 Å². The summed E-state index contributed by atoms with van der Waals surface area (Å²) in [5.74, 6) is 0. The largest absolute Gasteiger partial charge is 0.379 e. The van der Waals surface area contributed by atoms with Crippen molar-refractivity contribution in [2.24, 2.45) is 5.41 Å². The molecule has 2 nitrogen and oxygen atoms in total. The number of hydrogen-bond acceptors (Lipinski definition) is 2. The Hall–Kier alpha value is -0.570. The average Bonchev–Trinajstić information content (AvgIpc) is 2.28. The number of ether oxygens (including phenoxy) is 1. The lowest BCUT2D eigenvalue weighted by Crippen LogP contribution is -2.41. The van der Waals surface area contributed by atoms with Gasteiger partial charge in [-0.1, -0.05) is 51.4 Å². The molecule has 0 aliphatic rings. The van der Waals surface area contributed by atoms with Gasteiger partial charge in [-0.15, -0.1) is 0 Å². The fraction of sp³-hybridized carbons (Fsp3) is 0.600. The Kier molecular flexibility index (Phi) is 5.64. The number of likely N-dealkylation sites (N-methyl/N-ethyl adjacent to an activating group) is 1. The van der Waals surface area contributed by atoms with Crippen molar-refractivity contribution in [2.75, 3.05) is 13.7 Å². The molecule has 1 aromatic carbocycles. The summed E-state index contributed by atoms with van der Waals surface area (Å²) in [7, 11) is 1.77. The minimum atomic E-state index is 0.0707. The van der Waals surface area contributed by atoms with Gasteiger partial charge in [-0.3, -0.25) is 0 Å². The lowest BCUT2D eigenvalue weighted by atomic mass is 9.82. The van der Waals surface area contributed by atoms with E-state index in [4.69, 9.17) is 16.3 Å². The van der Waals surface area contributed by atoms with Crippen molar-refractivity contribution in [3.8, 4) is 0 Å². The second-order valence-corrected chi connectivity index (χ2v) is 6.05. The van der Waals surface area contributed by atoms with Gasteiger partial charge in [-0.05, 0) is 29.7 Å². The molecule has 1 rings (SSSR count). The van der Waals surface area contributed by atoms with E-state index >= 15 is 0 Å². The third kappa shape index (κ3) is 3.98. The van der Waals surface area contributed by atoms with Gasteiger partial charge in [0.2, 0.25) is 0 Å². The second kappa shape index (κ2) is 6.55. The molecule has 3 heteroatoms. The molecular formula is C15H24ClNO. The van der Waals surface area contributed by atoms with Crippen LogP contribution in [-0.2, 0) is 4.74 Å². The summed E-state index contributed by atoms with van der Waals surface area (Å²) >= 11 is 5.95. The molecule has 2 atom stereocenters. The summed E-state index contributed by atoms with van der Waals surface area (Å²) in [5.41, 5.74) is 1.28. The SMILES string of the molecule is CCNC(c1ccc(Cl)cc1)C(OC)C(C)(C)C. The van der Waals surface area contributed by atoms with E-state index in [0.717, 1.165) is 11.6 Å². The first-order chi connectivity index (χ1) is 8.40. The molecule has 0 heterocycles. The lowest BCUT2D eigenvalue weighted by molar-refractivity contribution is -0.0115. The fourth-order valence-corrected chi connectivity index (χ4v) is 2.41. The first-order valence-electron chi connectivity index (χ1n) is 6.41. The van der Waals surface area contributed by atoms with Crippen molar-refractivity contribution in [3.05, 3.63) is 34.9 Å². The van der Waals surface area contributed by atoms with Gasteiger partial charge in [0.25, 0.3) is 0 Å². The van der Waals surface area contributed by atoms with Gasteiger partial charge in [0.05, 0.1) is 12.1 Å². The fourth-order valence-electron chi connectivity index (χ4n) is 2.28. The zero-order chi connectivity index (χ0) is 13.8. The molecule has 1 aromatic rings. The van der Waals surface area contributed by atoms with E-state index in [0.29, 0.717) is 0 Å². The Morgan fingerprint density at radius 3 is 2.17 bits per heavy atom. The molecule has 0 spiro atoms. The quantitative estimate of drug-likeness (QED) is 0.871. The first kappa shape index (κ1) is 15.5. The minimum Gasteiger partial charge on any atom is -0.379 e. The van der Waals surface area contributed by atoms with Crippen LogP contribution in [0.2, 0.25) is 5.02 Å². The van der Waals surface area contributed by atoms with Gasteiger partial charge in [-0.2, -0.15) is 0 Å². The van der Waals surface area contributed by atoms with E-state index < -0.39 is 0 Å². The van der Waals surface area contributed by atoms with E-state index in [-0.39, 0.29) is 17.6 Å². The van der Waals surface area contributed by atoms with Crippen LogP contribution in [0.15, 0.2) is 24.3 Å². The van der Waals surface area contributed by atoms with Crippen LogP contribution in [0.4, 0.5) is 0 Å². The van der Waals surface area contributed by atoms with Crippen molar-refractivity contribution in [2.45, 2.75) is 39.8 Å². The van der Waals surface area contributed by atoms with E-state index in [1.54, 1.807) is 7.11 Å². The van der Waals surface area contributed by atoms with Crippen LogP contribution in [-0.4, -0.2) is 19.8 Å². The Morgan fingerprint density at radius 1 is 1.22 bits per heavy atom. The summed E-state index contributed by atoms with van der Waals surface area (Å²) in [6.07, 6.45) is 0.110. The second-order valence-electron chi connectivity index (χ2n) is 5.61. The maximum atomic E-state index is 5.95. The maximum absolute atomic E-state index is 5.95. The van der Waals surface area contributed by atoms with E-state index in [9.17, 15) is 0 Å². The van der Waals surface area contributed by atoms with Crippen LogP contribution in [0.1, 0.15) is 39.3 Å². The third-order valence-corrected chi connectivity index (χ3v) is 3.32. The molecule has 2 unspecified atom stereocenters. The Morgan fingerprint density at radius 2 is 1.78 bits per heavy atom. The molecule has 0 radical (unpaired) electrons. The van der Waals surface area contributed by atoms with Gasteiger partial charge in [0, 0.05) is 12.1 Å². The van der Waals surface area contributed by atoms with E-state index in [1.807, 2.05) is 12.1 Å². The smallest absolute Gasteiger partial charge is 0.0814 e. The summed E-state index contributed by atoms with van der Waals surface area (Å²) in [5, 5.41) is 4.27. The molecule has 0 bridgehead atoms. The molecule has 0 aliphatic heterocycles. The van der Waals surface area contributed by atoms with Crippen LogP contribution < -0.4 is 5.32 Å². The molecule has 0 aliphatic carbocycles. The van der Waals surface area contributed by atoms with Gasteiger partial charge < -0.3 is 10.1 Å². The number of nitrogens with one attached hydrogen (secondary N) is 1. The first-order valence-corrected chi connectivity index (χ1v) is 6.79. The molecule has 0 fully saturated rings. The van der Waals surface area contributed by atoms with Gasteiger partial charge in [0.1, 0.15) is 0 Å². The molecule has 0 aromatic heterocycles. The number of hydrogen-bond donors (Lipinski definition) is 1. The number of methoxy groups -OCH3 is 1. The van der Waals surface area contributed by atoms with E-state index in [2.05, 4.69) is 45.1 Å². The van der Waals surface area contributed by atoms with Crippen molar-refractivity contribution in [1.29, 1.82) is 0 Å². The molecular weight excluding hydrogens is 246 g/mol. The van der Waals surface area contributed by atoms with Crippen molar-refractivity contribution >= 4 is 11.6 Å². The predicted molar refractivity (Wildman–Crippen MR) is 78.1 cm³/mol. The Labute approximate surface area is 116 Å². The lowest BCUT2D eigenvalue weighted by Gasteiger charge is -2.36. The topological polar surface area (TPSA) is 21.3 Å². The predicted octanol–water partition coefficient (Wildman–Crippen LogP) is 4.05. The standard InChI is InChI=1S/C15H24ClNO/c1-6-17-13(14(18-5)15(2,3)4)11-7-9-12(16)10-8-11/h7-10,13-14,17H,6H2,1-5H3. The Bertz CT molecular complexity index is 356. The van der Waals surface area contributed by atoms with Crippen LogP contribution in [0, 0.1) is 5.41 Å². The van der Waals surface area contributed by atoms with Crippen LogP contribution in [0.5, 0.6) is 0 Å². The normalized spacial score (nSPS) is 15.4. The van der Waals surface area contributed by atoms with E-state index in [1.165, 1.54) is 5.56 Å². The third-order valence-electron chi connectivity index (χ3n) is 3.06. The molecule has 0 saturated heterocycles. The summed E-state index contributed by atoms with van der Waals surface area (Å²) in [6.45, 7) is 9.60. The maximum Gasteiger partial charge on any atom is 0.0814 e. The Balaban J connectivity index is 3.04. The van der Waals surface area contributed by atoms with Crippen molar-refractivity contribution < 1.29 is 4.74 Å². The summed E-state index contributed by atoms with van der Waals surface area (Å²) < 4.78 is 5.72. The van der Waals surface area contributed by atoms with Crippen LogP contribution in [0.3, 0.4) is 0 Å². The summed E-state index contributed by atoms with van der Waals surface area (Å²) in [4.78, 5) is 0. The highest BCUT2D eigenvalue weighted by molar-refractivity contribution is 6.30. The monoisotopic (exact) mass is 269 g/mol. The molecule has 0 amide bonds. The minimum absolute atomic E-state index is 0.0707. The molecule has 0 saturated carbocycles. The van der Waals surface area contributed by atoms with Crippen molar-refractivity contribution in [3.63, 3.8) is 0 Å². The number of halogens is 1. The van der Waals surface area contributed by atoms with Gasteiger partial charge >= 0.3 is 0 Å². The molecule has 18 heavy (non-hydrogen) atoms. The van der Waals surface area contributed by atoms with Gasteiger partial charge in [0.15, 0.2) is 0 Å². The average molecular weight is 270 g/mol. The zero-order valence-electron chi connectivity index (χ0n) is 12.0. The highest BCUT2D eigenvalue weighted by Gasteiger charge is 2.32.